The smallest absolute Gasteiger partial charge is 0.253 e. The highest BCUT2D eigenvalue weighted by molar-refractivity contribution is 8.01. The van der Waals surface area contributed by atoms with E-state index in [2.05, 4.69) is 52.8 Å². The summed E-state index contributed by atoms with van der Waals surface area (Å²) in [5.41, 5.74) is 5.07. The van der Waals surface area contributed by atoms with Gasteiger partial charge in [-0.1, -0.05) is 89.3 Å². The van der Waals surface area contributed by atoms with Crippen LogP contribution in [0, 0.1) is 6.92 Å². The van der Waals surface area contributed by atoms with Crippen LogP contribution in [0.3, 0.4) is 0 Å². The third-order valence-corrected chi connectivity index (χ3v) is 8.73. The number of nitrogens with zero attached hydrogens (tertiary/aromatic N) is 4. The van der Waals surface area contributed by atoms with E-state index in [4.69, 9.17) is 9.84 Å². The molecule has 1 aliphatic heterocycles. The first-order chi connectivity index (χ1) is 19.6. The monoisotopic (exact) mass is 565 g/mol. The molecule has 4 aromatic carbocycles. The lowest BCUT2D eigenvalue weighted by molar-refractivity contribution is -0.130. The summed E-state index contributed by atoms with van der Waals surface area (Å²) in [7, 11) is 1.65. The maximum atomic E-state index is 13.6. The molecule has 0 fully saturated rings. The normalized spacial score (nSPS) is 14.8. The lowest BCUT2D eigenvalue weighted by Gasteiger charge is -2.22. The molecule has 0 saturated carbocycles. The molecule has 9 heteroatoms. The van der Waals surface area contributed by atoms with Crippen molar-refractivity contribution >= 4 is 56.3 Å². The quantitative estimate of drug-likeness (QED) is 0.200. The minimum absolute atomic E-state index is 0.0788. The van der Waals surface area contributed by atoms with E-state index >= 15 is 0 Å². The van der Waals surface area contributed by atoms with Gasteiger partial charge in [0.2, 0.25) is 5.13 Å². The Hall–Kier alpha value is -4.21. The predicted octanol–water partition coefficient (Wildman–Crippen LogP) is 7.22. The number of amides is 1. The summed E-state index contributed by atoms with van der Waals surface area (Å²) < 4.78 is 6.06. The zero-order chi connectivity index (χ0) is 27.5. The van der Waals surface area contributed by atoms with Crippen molar-refractivity contribution in [2.45, 2.75) is 23.7 Å². The molecule has 0 radical (unpaired) electrons. The summed E-state index contributed by atoms with van der Waals surface area (Å²) in [6.07, 6.45) is 0.629. The van der Waals surface area contributed by atoms with Crippen LogP contribution < -0.4 is 10.1 Å². The molecule has 1 atom stereocenters. The fraction of sp³-hybridized carbons (Fsp3) is 0.161. The number of nitrogens with one attached hydrogen (secondary N) is 1. The van der Waals surface area contributed by atoms with Gasteiger partial charge in [0.05, 0.1) is 24.6 Å². The van der Waals surface area contributed by atoms with E-state index in [-0.39, 0.29) is 17.7 Å². The molecule has 1 unspecified atom stereocenters. The molecule has 2 heterocycles. The van der Waals surface area contributed by atoms with E-state index in [1.165, 1.54) is 34.0 Å². The van der Waals surface area contributed by atoms with Crippen LogP contribution in [0.25, 0.3) is 10.8 Å². The van der Waals surface area contributed by atoms with Crippen molar-refractivity contribution in [2.24, 2.45) is 5.10 Å². The van der Waals surface area contributed by atoms with E-state index < -0.39 is 0 Å². The molecule has 0 aliphatic carbocycles. The first-order valence-electron chi connectivity index (χ1n) is 12.9. The van der Waals surface area contributed by atoms with Crippen LogP contribution in [0.15, 0.2) is 100 Å². The number of ether oxygens (including phenoxy) is 1. The van der Waals surface area contributed by atoms with Crippen LogP contribution in [0.2, 0.25) is 0 Å². The molecule has 6 rings (SSSR count). The highest BCUT2D eigenvalue weighted by Crippen LogP contribution is 2.36. The molecule has 1 amide bonds. The predicted molar refractivity (Wildman–Crippen MR) is 163 cm³/mol. The summed E-state index contributed by atoms with van der Waals surface area (Å²) in [4.78, 5) is 13.6. The van der Waals surface area contributed by atoms with Gasteiger partial charge in [0.25, 0.3) is 5.91 Å². The third kappa shape index (κ3) is 5.71. The van der Waals surface area contributed by atoms with Crippen LogP contribution in [0.5, 0.6) is 5.75 Å². The molecular weight excluding hydrogens is 539 g/mol. The number of carbonyl (C=O) groups is 1. The Labute approximate surface area is 240 Å². The van der Waals surface area contributed by atoms with E-state index in [1.807, 2.05) is 60.7 Å². The molecule has 1 aromatic heterocycles. The molecule has 200 valence electrons. The van der Waals surface area contributed by atoms with Crippen LogP contribution >= 0.6 is 23.1 Å². The van der Waals surface area contributed by atoms with Crippen molar-refractivity contribution in [3.05, 3.63) is 108 Å². The van der Waals surface area contributed by atoms with E-state index in [1.54, 1.807) is 12.1 Å². The molecule has 1 N–H and O–H groups in total. The van der Waals surface area contributed by atoms with Crippen molar-refractivity contribution in [1.82, 2.24) is 15.2 Å². The largest absolute Gasteiger partial charge is 0.497 e. The number of hydrogen-bond donors (Lipinski definition) is 1. The zero-order valence-corrected chi connectivity index (χ0v) is 23.7. The Bertz CT molecular complexity index is 1680. The van der Waals surface area contributed by atoms with Crippen molar-refractivity contribution in [1.29, 1.82) is 0 Å². The number of methoxy groups -OCH3 is 1. The van der Waals surface area contributed by atoms with Crippen molar-refractivity contribution in [3.8, 4) is 5.75 Å². The number of benzene rings is 4. The number of aryl methyl sites for hydroxylation is 1. The molecule has 0 spiro atoms. The molecule has 0 bridgehead atoms. The van der Waals surface area contributed by atoms with Crippen LogP contribution in [-0.4, -0.2) is 39.7 Å². The SMILES string of the molecule is COc1ccc(C2CC(c3ccc4ccccc4c3)=NN2C(=O)CSc2nnc(Nc3ccc(C)cc3)s2)cc1. The second-order valence-electron chi connectivity index (χ2n) is 9.49. The summed E-state index contributed by atoms with van der Waals surface area (Å²) in [5, 5.41) is 21.3. The van der Waals surface area contributed by atoms with Gasteiger partial charge >= 0.3 is 0 Å². The van der Waals surface area contributed by atoms with Gasteiger partial charge < -0.3 is 10.1 Å². The van der Waals surface area contributed by atoms with Crippen molar-refractivity contribution in [3.63, 3.8) is 0 Å². The van der Waals surface area contributed by atoms with Crippen molar-refractivity contribution in [2.75, 3.05) is 18.2 Å². The van der Waals surface area contributed by atoms with Crippen LogP contribution in [-0.2, 0) is 4.79 Å². The second-order valence-corrected chi connectivity index (χ2v) is 11.7. The van der Waals surface area contributed by atoms with E-state index in [0.29, 0.717) is 11.6 Å². The number of hydrazone groups is 1. The molecule has 0 saturated heterocycles. The molecular formula is C31H27N5O2S2. The Balaban J connectivity index is 1.20. The van der Waals surface area contributed by atoms with E-state index in [9.17, 15) is 4.79 Å². The topological polar surface area (TPSA) is 79.7 Å². The number of aromatic nitrogens is 2. The number of thioether (sulfide) groups is 1. The number of carbonyl (C=O) groups excluding carboxylic acids is 1. The van der Waals surface area contributed by atoms with Gasteiger partial charge in [0.1, 0.15) is 5.75 Å². The molecule has 7 nitrogen and oxygen atoms in total. The average Bonchev–Trinajstić information content (AvgIpc) is 3.64. The lowest BCUT2D eigenvalue weighted by atomic mass is 9.97. The highest BCUT2D eigenvalue weighted by Gasteiger charge is 2.33. The number of rotatable bonds is 8. The lowest BCUT2D eigenvalue weighted by Crippen LogP contribution is -2.28. The maximum absolute atomic E-state index is 13.6. The van der Waals surface area contributed by atoms with Gasteiger partial charge in [-0.05, 0) is 59.2 Å². The minimum atomic E-state index is -0.200. The fourth-order valence-electron chi connectivity index (χ4n) is 4.64. The molecule has 40 heavy (non-hydrogen) atoms. The Morgan fingerprint density at radius 1 is 1.00 bits per heavy atom. The summed E-state index contributed by atoms with van der Waals surface area (Å²) >= 11 is 2.80. The highest BCUT2D eigenvalue weighted by atomic mass is 32.2. The number of anilines is 2. The van der Waals surface area contributed by atoms with Crippen LogP contribution in [0.1, 0.15) is 29.2 Å². The van der Waals surface area contributed by atoms with E-state index in [0.717, 1.165) is 38.0 Å². The second kappa shape index (κ2) is 11.5. The van der Waals surface area contributed by atoms with Gasteiger partial charge in [-0.15, -0.1) is 10.2 Å². The van der Waals surface area contributed by atoms with Gasteiger partial charge in [0.15, 0.2) is 4.34 Å². The number of hydrogen-bond acceptors (Lipinski definition) is 8. The van der Waals surface area contributed by atoms with Gasteiger partial charge in [0, 0.05) is 12.1 Å². The van der Waals surface area contributed by atoms with Crippen molar-refractivity contribution < 1.29 is 9.53 Å². The standard InChI is InChI=1S/C31H27N5O2S2/c1-20-7-13-25(14-8-20)32-30-33-34-31(40-30)39-19-29(37)36-28(22-11-15-26(38-2)16-12-22)18-27(35-36)24-10-9-21-5-3-4-6-23(21)17-24/h3-17,28H,18-19H2,1-2H3,(H,32,33). The summed E-state index contributed by atoms with van der Waals surface area (Å²) in [6, 6.07) is 30.3. The first kappa shape index (κ1) is 26.0. The Kier molecular flexibility index (Phi) is 7.48. The number of fused-ring (bicyclic) bond motifs is 1. The zero-order valence-electron chi connectivity index (χ0n) is 22.1. The molecule has 1 aliphatic rings. The average molecular weight is 566 g/mol. The molecule has 5 aromatic rings. The minimum Gasteiger partial charge on any atom is -0.497 e. The fourth-order valence-corrected chi connectivity index (χ4v) is 6.26. The Morgan fingerprint density at radius 2 is 1.77 bits per heavy atom. The summed E-state index contributed by atoms with van der Waals surface area (Å²) in [6.45, 7) is 2.05. The van der Waals surface area contributed by atoms with Gasteiger partial charge in [-0.3, -0.25) is 4.79 Å². The van der Waals surface area contributed by atoms with Gasteiger partial charge in [-0.25, -0.2) is 5.01 Å². The first-order valence-corrected chi connectivity index (χ1v) is 14.7. The Morgan fingerprint density at radius 3 is 2.55 bits per heavy atom. The third-order valence-electron chi connectivity index (χ3n) is 6.78. The van der Waals surface area contributed by atoms with Crippen LogP contribution in [0.4, 0.5) is 10.8 Å². The van der Waals surface area contributed by atoms with Gasteiger partial charge in [-0.2, -0.15) is 5.10 Å². The summed E-state index contributed by atoms with van der Waals surface area (Å²) in [5.74, 6) is 0.905. The maximum Gasteiger partial charge on any atom is 0.253 e.